The van der Waals surface area contributed by atoms with Crippen LogP contribution in [0.4, 0.5) is 0 Å². The third-order valence-corrected chi connectivity index (χ3v) is 2.16. The fourth-order valence-corrected chi connectivity index (χ4v) is 1.36. The van der Waals surface area contributed by atoms with E-state index in [1.165, 1.54) is 12.3 Å². The summed E-state index contributed by atoms with van der Waals surface area (Å²) in [7, 11) is 0. The third-order valence-electron chi connectivity index (χ3n) is 2.16. The van der Waals surface area contributed by atoms with E-state index in [-0.39, 0.29) is 5.69 Å². The Morgan fingerprint density at radius 2 is 2.17 bits per heavy atom. The second-order valence-electron chi connectivity index (χ2n) is 3.39. The highest BCUT2D eigenvalue weighted by atomic mass is 16.5. The van der Waals surface area contributed by atoms with Crippen molar-refractivity contribution < 1.29 is 14.6 Å². The van der Waals surface area contributed by atoms with Gasteiger partial charge in [-0.15, -0.1) is 0 Å². The van der Waals surface area contributed by atoms with Crippen molar-refractivity contribution >= 4 is 5.97 Å². The average Bonchev–Trinajstić information content (AvgIpc) is 2.40. The molecule has 6 heteroatoms. The lowest BCUT2D eigenvalue weighted by Gasteiger charge is -2.03. The van der Waals surface area contributed by atoms with Crippen LogP contribution in [-0.4, -0.2) is 32.6 Å². The van der Waals surface area contributed by atoms with Crippen LogP contribution in [0, 0.1) is 0 Å². The van der Waals surface area contributed by atoms with Crippen LogP contribution in [0.25, 0.3) is 11.4 Å². The van der Waals surface area contributed by atoms with Crippen LogP contribution >= 0.6 is 0 Å². The molecule has 0 saturated carbocycles. The Morgan fingerprint density at radius 3 is 2.78 bits per heavy atom. The summed E-state index contributed by atoms with van der Waals surface area (Å²) < 4.78 is 5.21. The zero-order valence-electron chi connectivity index (χ0n) is 9.70. The van der Waals surface area contributed by atoms with E-state index in [9.17, 15) is 4.79 Å². The van der Waals surface area contributed by atoms with E-state index in [1.807, 2.05) is 6.92 Å². The molecule has 0 aliphatic rings. The van der Waals surface area contributed by atoms with E-state index in [0.717, 1.165) is 0 Å². The normalized spacial score (nSPS) is 10.1. The number of carboxylic acids is 1. The first-order valence-corrected chi connectivity index (χ1v) is 5.36. The van der Waals surface area contributed by atoms with E-state index in [0.29, 0.717) is 23.9 Å². The van der Waals surface area contributed by atoms with Gasteiger partial charge in [-0.1, -0.05) is 0 Å². The number of pyridine rings is 1. The van der Waals surface area contributed by atoms with Gasteiger partial charge in [-0.05, 0) is 19.1 Å². The summed E-state index contributed by atoms with van der Waals surface area (Å²) in [6, 6.07) is 4.77. The molecule has 0 radical (unpaired) electrons. The van der Waals surface area contributed by atoms with E-state index < -0.39 is 5.97 Å². The number of ether oxygens (including phenoxy) is 1. The van der Waals surface area contributed by atoms with Gasteiger partial charge >= 0.3 is 5.97 Å². The van der Waals surface area contributed by atoms with Gasteiger partial charge in [-0.25, -0.2) is 19.7 Å². The molecule has 0 spiro atoms. The Labute approximate surface area is 103 Å². The number of hydrogen-bond acceptors (Lipinski definition) is 5. The largest absolute Gasteiger partial charge is 0.478 e. The summed E-state index contributed by atoms with van der Waals surface area (Å²) in [5.74, 6) is -0.251. The Hall–Kier alpha value is -2.50. The summed E-state index contributed by atoms with van der Waals surface area (Å²) in [5, 5.41) is 8.84. The van der Waals surface area contributed by atoms with Crippen LogP contribution in [0.1, 0.15) is 17.4 Å². The number of hydrogen-bond donors (Lipinski definition) is 1. The molecule has 0 aliphatic carbocycles. The predicted octanol–water partition coefficient (Wildman–Crippen LogP) is 1.64. The fourth-order valence-electron chi connectivity index (χ4n) is 1.36. The molecule has 0 bridgehead atoms. The zero-order chi connectivity index (χ0) is 13.0. The molecule has 0 fully saturated rings. The average molecular weight is 245 g/mol. The van der Waals surface area contributed by atoms with Crippen molar-refractivity contribution in [3.8, 4) is 17.3 Å². The molecule has 0 unspecified atom stereocenters. The number of aromatic carboxylic acids is 1. The molecule has 0 amide bonds. The van der Waals surface area contributed by atoms with Crippen LogP contribution in [0.5, 0.6) is 5.88 Å². The topological polar surface area (TPSA) is 85.2 Å². The Balaban J connectivity index is 2.30. The van der Waals surface area contributed by atoms with Gasteiger partial charge < -0.3 is 9.84 Å². The van der Waals surface area contributed by atoms with Crippen molar-refractivity contribution in [1.82, 2.24) is 15.0 Å². The maximum absolute atomic E-state index is 10.8. The molecule has 0 aliphatic heterocycles. The fraction of sp³-hybridized carbons (Fsp3) is 0.167. The van der Waals surface area contributed by atoms with Gasteiger partial charge in [-0.3, -0.25) is 0 Å². The first-order chi connectivity index (χ1) is 8.70. The third kappa shape index (κ3) is 2.60. The molecule has 0 saturated heterocycles. The van der Waals surface area contributed by atoms with Crippen molar-refractivity contribution in [2.75, 3.05) is 6.61 Å². The van der Waals surface area contributed by atoms with E-state index in [2.05, 4.69) is 15.0 Å². The highest BCUT2D eigenvalue weighted by Crippen LogP contribution is 2.16. The van der Waals surface area contributed by atoms with Gasteiger partial charge in [0.15, 0.2) is 11.5 Å². The lowest BCUT2D eigenvalue weighted by Crippen LogP contribution is -2.02. The van der Waals surface area contributed by atoms with Crippen molar-refractivity contribution in [2.45, 2.75) is 6.92 Å². The first kappa shape index (κ1) is 12.0. The monoisotopic (exact) mass is 245 g/mol. The van der Waals surface area contributed by atoms with Crippen molar-refractivity contribution in [1.29, 1.82) is 0 Å². The van der Waals surface area contributed by atoms with E-state index in [1.54, 1.807) is 18.3 Å². The number of carboxylic acid groups (broad SMARTS) is 1. The number of rotatable bonds is 4. The predicted molar refractivity (Wildman–Crippen MR) is 63.4 cm³/mol. The first-order valence-electron chi connectivity index (χ1n) is 5.36. The molecule has 18 heavy (non-hydrogen) atoms. The lowest BCUT2D eigenvalue weighted by atomic mass is 10.2. The summed E-state index contributed by atoms with van der Waals surface area (Å²) in [5.41, 5.74) is 0.593. The zero-order valence-corrected chi connectivity index (χ0v) is 9.70. The number of nitrogens with zero attached hydrogens (tertiary/aromatic N) is 3. The second-order valence-corrected chi connectivity index (χ2v) is 3.39. The number of aromatic nitrogens is 3. The minimum absolute atomic E-state index is 0.0473. The highest BCUT2D eigenvalue weighted by Gasteiger charge is 2.08. The van der Waals surface area contributed by atoms with Gasteiger partial charge in [0.05, 0.1) is 6.61 Å². The van der Waals surface area contributed by atoms with Crippen LogP contribution in [0.2, 0.25) is 0 Å². The van der Waals surface area contributed by atoms with Gasteiger partial charge in [0.25, 0.3) is 0 Å². The Kier molecular flexibility index (Phi) is 3.47. The van der Waals surface area contributed by atoms with Crippen molar-refractivity contribution in [2.24, 2.45) is 0 Å². The molecule has 1 N–H and O–H groups in total. The standard InChI is InChI=1S/C12H11N3O3/c1-2-18-10-4-3-8(7-14-10)11-13-6-5-9(15-11)12(16)17/h3-7H,2H2,1H3,(H,16,17). The van der Waals surface area contributed by atoms with Crippen LogP contribution in [-0.2, 0) is 0 Å². The SMILES string of the molecule is CCOc1ccc(-c2nccc(C(=O)O)n2)cn1. The molecular formula is C12H11N3O3. The minimum Gasteiger partial charge on any atom is -0.478 e. The summed E-state index contributed by atoms with van der Waals surface area (Å²) in [6.45, 7) is 2.41. The summed E-state index contributed by atoms with van der Waals surface area (Å²) in [4.78, 5) is 22.8. The molecule has 0 aromatic carbocycles. The number of carbonyl (C=O) groups is 1. The van der Waals surface area contributed by atoms with Gasteiger partial charge in [0.1, 0.15) is 0 Å². The Morgan fingerprint density at radius 1 is 1.33 bits per heavy atom. The molecule has 92 valence electrons. The van der Waals surface area contributed by atoms with Crippen molar-refractivity contribution in [3.63, 3.8) is 0 Å². The molecule has 0 atom stereocenters. The molecule has 2 aromatic rings. The van der Waals surface area contributed by atoms with Crippen LogP contribution in [0.15, 0.2) is 30.6 Å². The van der Waals surface area contributed by atoms with Gasteiger partial charge in [0, 0.05) is 24.0 Å². The molecule has 2 rings (SSSR count). The maximum atomic E-state index is 10.8. The smallest absolute Gasteiger partial charge is 0.354 e. The second kappa shape index (κ2) is 5.22. The van der Waals surface area contributed by atoms with E-state index in [4.69, 9.17) is 9.84 Å². The lowest BCUT2D eigenvalue weighted by molar-refractivity contribution is 0.0690. The molecule has 2 aromatic heterocycles. The van der Waals surface area contributed by atoms with Crippen LogP contribution < -0.4 is 4.74 Å². The maximum Gasteiger partial charge on any atom is 0.354 e. The molecule has 6 nitrogen and oxygen atoms in total. The summed E-state index contributed by atoms with van der Waals surface area (Å²) >= 11 is 0. The van der Waals surface area contributed by atoms with Gasteiger partial charge in [-0.2, -0.15) is 0 Å². The molecular weight excluding hydrogens is 234 g/mol. The van der Waals surface area contributed by atoms with Crippen LogP contribution in [0.3, 0.4) is 0 Å². The quantitative estimate of drug-likeness (QED) is 0.881. The van der Waals surface area contributed by atoms with E-state index >= 15 is 0 Å². The minimum atomic E-state index is -1.09. The Bertz CT molecular complexity index is 555. The summed E-state index contributed by atoms with van der Waals surface area (Å²) in [6.07, 6.45) is 2.95. The van der Waals surface area contributed by atoms with Gasteiger partial charge in [0.2, 0.25) is 5.88 Å². The van der Waals surface area contributed by atoms with Crippen molar-refractivity contribution in [3.05, 3.63) is 36.3 Å². The molecule has 2 heterocycles. The highest BCUT2D eigenvalue weighted by molar-refractivity contribution is 5.85.